The van der Waals surface area contributed by atoms with Gasteiger partial charge in [-0.2, -0.15) is 0 Å². The molecule has 9 nitrogen and oxygen atoms in total. The summed E-state index contributed by atoms with van der Waals surface area (Å²) in [7, 11) is 1.64. The number of hydrogen-bond acceptors (Lipinski definition) is 7. The van der Waals surface area contributed by atoms with Crippen LogP contribution in [-0.4, -0.2) is 82.5 Å². The monoisotopic (exact) mass is 550 g/mol. The summed E-state index contributed by atoms with van der Waals surface area (Å²) in [6.07, 6.45) is 5.60. The van der Waals surface area contributed by atoms with E-state index in [0.29, 0.717) is 50.0 Å². The van der Waals surface area contributed by atoms with Crippen molar-refractivity contribution in [3.63, 3.8) is 0 Å². The molecular formula is C31H42N4O5. The second kappa shape index (κ2) is 13.7. The quantitative estimate of drug-likeness (QED) is 0.344. The normalized spacial score (nSPS) is 17.9. The highest BCUT2D eigenvalue weighted by molar-refractivity contribution is 5.73. The molecule has 1 aromatic heterocycles. The fourth-order valence-corrected chi connectivity index (χ4v) is 5.05. The van der Waals surface area contributed by atoms with Gasteiger partial charge in [0.15, 0.2) is 11.5 Å². The lowest BCUT2D eigenvalue weighted by molar-refractivity contribution is -0.132. The molecule has 1 atom stereocenters. The van der Waals surface area contributed by atoms with Crippen molar-refractivity contribution >= 4 is 5.91 Å². The van der Waals surface area contributed by atoms with Gasteiger partial charge in [0.1, 0.15) is 23.8 Å². The lowest BCUT2D eigenvalue weighted by atomic mass is 10.0. The molecule has 9 heteroatoms. The van der Waals surface area contributed by atoms with Gasteiger partial charge < -0.3 is 28.8 Å². The summed E-state index contributed by atoms with van der Waals surface area (Å²) >= 11 is 0. The lowest BCUT2D eigenvalue weighted by Gasteiger charge is -2.32. The van der Waals surface area contributed by atoms with Crippen molar-refractivity contribution in [1.29, 1.82) is 0 Å². The van der Waals surface area contributed by atoms with Crippen molar-refractivity contribution < 1.29 is 24.1 Å². The average Bonchev–Trinajstić information content (AvgIpc) is 3.33. The number of methoxy groups -OCH3 is 1. The molecule has 1 aliphatic rings. The Balaban J connectivity index is 1.38. The molecule has 4 rings (SSSR count). The van der Waals surface area contributed by atoms with Crippen molar-refractivity contribution in [2.45, 2.75) is 52.3 Å². The molecule has 216 valence electrons. The summed E-state index contributed by atoms with van der Waals surface area (Å²) in [6.45, 7) is 9.54. The minimum absolute atomic E-state index is 0.0576. The van der Waals surface area contributed by atoms with Gasteiger partial charge in [0.25, 0.3) is 0 Å². The zero-order valence-corrected chi connectivity index (χ0v) is 24.1. The third-order valence-electron chi connectivity index (χ3n) is 7.22. The number of carbonyl (C=O) groups excluding carboxylic acids is 1. The second-order valence-electron chi connectivity index (χ2n) is 10.6. The van der Waals surface area contributed by atoms with Crippen molar-refractivity contribution in [3.8, 4) is 17.2 Å². The van der Waals surface area contributed by atoms with Crippen LogP contribution in [0.2, 0.25) is 0 Å². The van der Waals surface area contributed by atoms with Gasteiger partial charge >= 0.3 is 0 Å². The number of β-amino-alcohol motifs (C(OH)–C–C–N with tert-alkyl or cyclic N) is 1. The number of aliphatic hydroxyl groups is 1. The van der Waals surface area contributed by atoms with Crippen LogP contribution in [0.4, 0.5) is 0 Å². The number of ether oxygens (including phenoxy) is 3. The highest BCUT2D eigenvalue weighted by Crippen LogP contribution is 2.29. The van der Waals surface area contributed by atoms with Crippen LogP contribution in [0.15, 0.2) is 54.9 Å². The highest BCUT2D eigenvalue weighted by atomic mass is 16.5. The molecule has 1 N–H and O–H groups in total. The minimum atomic E-state index is -1.22. The maximum absolute atomic E-state index is 12.3. The number of carbonyl (C=O) groups is 1. The topological polar surface area (TPSA) is 89.3 Å². The predicted molar refractivity (Wildman–Crippen MR) is 154 cm³/mol. The summed E-state index contributed by atoms with van der Waals surface area (Å²) in [5, 5.41) is 11.6. The first kappa shape index (κ1) is 29.4. The number of hydrogen-bond donors (Lipinski definition) is 1. The summed E-state index contributed by atoms with van der Waals surface area (Å²) in [6, 6.07) is 13.7. The fourth-order valence-electron chi connectivity index (χ4n) is 5.05. The number of aromatic nitrogens is 2. The summed E-state index contributed by atoms with van der Waals surface area (Å²) in [4.78, 5) is 20.5. The van der Waals surface area contributed by atoms with Gasteiger partial charge in [-0.05, 0) is 43.2 Å². The van der Waals surface area contributed by atoms with Gasteiger partial charge in [0.2, 0.25) is 5.91 Å². The molecular weight excluding hydrogens is 508 g/mol. The van der Waals surface area contributed by atoms with Crippen LogP contribution in [0.3, 0.4) is 0 Å². The Morgan fingerprint density at radius 3 is 2.60 bits per heavy atom. The molecule has 1 aliphatic heterocycles. The standard InChI is InChI=1S/C31H42N4O5/c1-5-30-32-13-15-34(30)14-6-18-39-28-12-9-26(19-29(28)38-4)20-33-16-17-35(25(3)36)22-31(37,21-33)23-40-27-10-7-24(2)8-11-27/h7-13,15,19,37H,5-6,14,16-18,20-23H2,1-4H3/t31-/m1/s1. The van der Waals surface area contributed by atoms with Gasteiger partial charge in [-0.15, -0.1) is 0 Å². The third kappa shape index (κ3) is 7.99. The van der Waals surface area contributed by atoms with Crippen LogP contribution in [0, 0.1) is 6.92 Å². The highest BCUT2D eigenvalue weighted by Gasteiger charge is 2.37. The minimum Gasteiger partial charge on any atom is -0.493 e. The molecule has 1 saturated heterocycles. The SMILES string of the molecule is CCc1nccn1CCCOc1ccc(CN2CCN(C(C)=O)C[C@@](O)(COc3ccc(C)cc3)C2)cc1OC. The van der Waals surface area contributed by atoms with Crippen molar-refractivity contribution in [1.82, 2.24) is 19.4 Å². The Bertz CT molecular complexity index is 1240. The van der Waals surface area contributed by atoms with Gasteiger partial charge in [0.05, 0.1) is 20.3 Å². The fraction of sp³-hybridized carbons (Fsp3) is 0.484. The maximum Gasteiger partial charge on any atom is 0.219 e. The molecule has 0 saturated carbocycles. The second-order valence-corrected chi connectivity index (χ2v) is 10.6. The molecule has 2 aromatic carbocycles. The van der Waals surface area contributed by atoms with E-state index in [1.165, 1.54) is 0 Å². The van der Waals surface area contributed by atoms with Crippen molar-refractivity contribution in [2.24, 2.45) is 0 Å². The van der Waals surface area contributed by atoms with Crippen LogP contribution in [0.5, 0.6) is 17.2 Å². The lowest BCUT2D eigenvalue weighted by Crippen LogP contribution is -2.51. The Kier molecular flexibility index (Phi) is 10.1. The van der Waals surface area contributed by atoms with Gasteiger partial charge in [-0.25, -0.2) is 4.98 Å². The van der Waals surface area contributed by atoms with Crippen LogP contribution in [-0.2, 0) is 24.3 Å². The summed E-state index contributed by atoms with van der Waals surface area (Å²) in [5.74, 6) is 3.09. The smallest absolute Gasteiger partial charge is 0.219 e. The predicted octanol–water partition coefficient (Wildman–Crippen LogP) is 3.71. The van der Waals surface area contributed by atoms with Crippen LogP contribution in [0.1, 0.15) is 37.2 Å². The van der Waals surface area contributed by atoms with E-state index in [9.17, 15) is 9.90 Å². The third-order valence-corrected chi connectivity index (χ3v) is 7.22. The summed E-state index contributed by atoms with van der Waals surface area (Å²) < 4.78 is 19.8. The Hall–Kier alpha value is -3.56. The van der Waals surface area contributed by atoms with Crippen molar-refractivity contribution in [3.05, 3.63) is 71.8 Å². The molecule has 1 fully saturated rings. The van der Waals surface area contributed by atoms with E-state index in [4.69, 9.17) is 14.2 Å². The van der Waals surface area contributed by atoms with E-state index in [1.807, 2.05) is 61.8 Å². The molecule has 0 radical (unpaired) electrons. The molecule has 1 amide bonds. The molecule has 0 unspecified atom stereocenters. The summed E-state index contributed by atoms with van der Waals surface area (Å²) in [5.41, 5.74) is 0.960. The first-order valence-electron chi connectivity index (χ1n) is 14.0. The van der Waals surface area contributed by atoms with Crippen LogP contribution in [0.25, 0.3) is 0 Å². The molecule has 3 aromatic rings. The van der Waals surface area contributed by atoms with E-state index < -0.39 is 5.60 Å². The van der Waals surface area contributed by atoms with Crippen molar-refractivity contribution in [2.75, 3.05) is 46.5 Å². The molecule has 40 heavy (non-hydrogen) atoms. The first-order chi connectivity index (χ1) is 19.3. The number of aryl methyl sites for hydroxylation is 3. The Morgan fingerprint density at radius 2 is 1.88 bits per heavy atom. The maximum atomic E-state index is 12.3. The van der Waals surface area contributed by atoms with Crippen LogP contribution < -0.4 is 14.2 Å². The van der Waals surface area contributed by atoms with Crippen LogP contribution >= 0.6 is 0 Å². The number of nitrogens with zero attached hydrogens (tertiary/aromatic N) is 4. The zero-order chi connectivity index (χ0) is 28.5. The van der Waals surface area contributed by atoms with E-state index in [0.717, 1.165) is 36.3 Å². The Morgan fingerprint density at radius 1 is 1.07 bits per heavy atom. The molecule has 2 heterocycles. The molecule has 0 aliphatic carbocycles. The van der Waals surface area contributed by atoms with E-state index in [2.05, 4.69) is 21.4 Å². The van der Waals surface area contributed by atoms with E-state index in [-0.39, 0.29) is 19.1 Å². The van der Waals surface area contributed by atoms with E-state index >= 15 is 0 Å². The van der Waals surface area contributed by atoms with Gasteiger partial charge in [0, 0.05) is 58.5 Å². The van der Waals surface area contributed by atoms with Gasteiger partial charge in [-0.1, -0.05) is 30.7 Å². The Labute approximate surface area is 237 Å². The number of amides is 1. The number of benzene rings is 2. The average molecular weight is 551 g/mol. The molecule has 0 bridgehead atoms. The van der Waals surface area contributed by atoms with Gasteiger partial charge in [-0.3, -0.25) is 9.69 Å². The zero-order valence-electron chi connectivity index (χ0n) is 24.1. The molecule has 0 spiro atoms. The number of imidazole rings is 1. The number of rotatable bonds is 12. The largest absolute Gasteiger partial charge is 0.493 e. The van der Waals surface area contributed by atoms with E-state index in [1.54, 1.807) is 18.9 Å². The first-order valence-corrected chi connectivity index (χ1v) is 14.0.